The molecular formula is C25H23FN4O3. The summed E-state index contributed by atoms with van der Waals surface area (Å²) in [6, 6.07) is 15.6. The number of amides is 2. The number of benzene rings is 2. The van der Waals surface area contributed by atoms with Crippen LogP contribution in [0.4, 0.5) is 10.1 Å². The third-order valence-corrected chi connectivity index (χ3v) is 5.05. The minimum absolute atomic E-state index is 0.0138. The Hall–Kier alpha value is -4.20. The molecule has 2 heterocycles. The van der Waals surface area contributed by atoms with E-state index in [4.69, 9.17) is 4.74 Å². The standard InChI is InChI=1S/C25H23FN4O3/c26-22-14-18(5-9-23(22)33-21-2-1-11-27-16-21)6-10-24(31)29-15-19-3-7-20(8-4-19)30-13-12-28-25(32)17-30/h1-11,14,16H,12-13,15,17H2,(H,28,32)(H,29,31)/b10-6+. The number of hydrogen-bond acceptors (Lipinski definition) is 5. The fourth-order valence-corrected chi connectivity index (χ4v) is 3.34. The molecule has 1 aromatic heterocycles. The number of nitrogens with zero attached hydrogens (tertiary/aromatic N) is 2. The van der Waals surface area contributed by atoms with Crippen LogP contribution in [0.5, 0.6) is 11.5 Å². The maximum absolute atomic E-state index is 14.3. The lowest BCUT2D eigenvalue weighted by atomic mass is 10.1. The highest BCUT2D eigenvalue weighted by Gasteiger charge is 2.16. The predicted molar refractivity (Wildman–Crippen MR) is 123 cm³/mol. The highest BCUT2D eigenvalue weighted by atomic mass is 19.1. The minimum Gasteiger partial charge on any atom is -0.453 e. The highest BCUT2D eigenvalue weighted by Crippen LogP contribution is 2.24. The van der Waals surface area contributed by atoms with Crippen LogP contribution in [0.25, 0.3) is 6.08 Å². The first-order chi connectivity index (χ1) is 16.1. The molecular weight excluding hydrogens is 423 g/mol. The van der Waals surface area contributed by atoms with Crippen LogP contribution in [0.3, 0.4) is 0 Å². The van der Waals surface area contributed by atoms with Crippen molar-refractivity contribution in [3.8, 4) is 11.5 Å². The molecule has 7 nitrogen and oxygen atoms in total. The van der Waals surface area contributed by atoms with Crippen LogP contribution < -0.4 is 20.3 Å². The molecule has 0 aliphatic carbocycles. The van der Waals surface area contributed by atoms with Crippen LogP contribution in [-0.4, -0.2) is 36.4 Å². The van der Waals surface area contributed by atoms with Crippen LogP contribution in [0, 0.1) is 5.82 Å². The fraction of sp³-hybridized carbons (Fsp3) is 0.160. The molecule has 1 aliphatic rings. The van der Waals surface area contributed by atoms with Crippen molar-refractivity contribution in [1.29, 1.82) is 0 Å². The second-order valence-corrected chi connectivity index (χ2v) is 7.47. The van der Waals surface area contributed by atoms with Gasteiger partial charge >= 0.3 is 0 Å². The molecule has 1 aliphatic heterocycles. The van der Waals surface area contributed by atoms with Crippen LogP contribution in [0.1, 0.15) is 11.1 Å². The highest BCUT2D eigenvalue weighted by molar-refractivity contribution is 5.91. The fourth-order valence-electron chi connectivity index (χ4n) is 3.34. The van der Waals surface area contributed by atoms with Gasteiger partial charge in [0, 0.05) is 37.6 Å². The lowest BCUT2D eigenvalue weighted by Crippen LogP contribution is -2.47. The maximum Gasteiger partial charge on any atom is 0.244 e. The zero-order chi connectivity index (χ0) is 23.0. The van der Waals surface area contributed by atoms with E-state index in [1.54, 1.807) is 24.4 Å². The van der Waals surface area contributed by atoms with E-state index in [0.717, 1.165) is 17.8 Å². The number of halogens is 1. The summed E-state index contributed by atoms with van der Waals surface area (Å²) in [5, 5.41) is 5.61. The van der Waals surface area contributed by atoms with Crippen molar-refractivity contribution in [3.05, 3.63) is 90.0 Å². The van der Waals surface area contributed by atoms with E-state index in [2.05, 4.69) is 15.6 Å². The Morgan fingerprint density at radius 2 is 2.06 bits per heavy atom. The van der Waals surface area contributed by atoms with Crippen LogP contribution in [0.2, 0.25) is 0 Å². The van der Waals surface area contributed by atoms with Crippen LogP contribution in [0.15, 0.2) is 73.1 Å². The second kappa shape index (κ2) is 10.4. The average Bonchev–Trinajstić information content (AvgIpc) is 2.84. The van der Waals surface area contributed by atoms with Crippen molar-refractivity contribution >= 4 is 23.6 Å². The Morgan fingerprint density at radius 1 is 1.21 bits per heavy atom. The van der Waals surface area contributed by atoms with Gasteiger partial charge in [0.2, 0.25) is 11.8 Å². The number of ether oxygens (including phenoxy) is 1. The molecule has 33 heavy (non-hydrogen) atoms. The molecule has 0 bridgehead atoms. The molecule has 2 aromatic carbocycles. The van der Waals surface area contributed by atoms with E-state index >= 15 is 0 Å². The van der Waals surface area contributed by atoms with Gasteiger partial charge in [-0.1, -0.05) is 18.2 Å². The molecule has 1 fully saturated rings. The van der Waals surface area contributed by atoms with Gasteiger partial charge in [0.25, 0.3) is 0 Å². The molecule has 0 unspecified atom stereocenters. The maximum atomic E-state index is 14.3. The number of anilines is 1. The Balaban J connectivity index is 1.28. The Morgan fingerprint density at radius 3 is 2.79 bits per heavy atom. The quantitative estimate of drug-likeness (QED) is 0.545. The molecule has 0 radical (unpaired) electrons. The van der Waals surface area contributed by atoms with Gasteiger partial charge < -0.3 is 20.3 Å². The minimum atomic E-state index is -0.535. The van der Waals surface area contributed by atoms with Crippen molar-refractivity contribution in [2.45, 2.75) is 6.54 Å². The molecule has 0 spiro atoms. The molecule has 0 saturated carbocycles. The number of carbonyl (C=O) groups excluding carboxylic acids is 2. The van der Waals surface area contributed by atoms with Crippen molar-refractivity contribution in [1.82, 2.24) is 15.6 Å². The molecule has 1 saturated heterocycles. The van der Waals surface area contributed by atoms with Gasteiger partial charge in [-0.05, 0) is 53.6 Å². The van der Waals surface area contributed by atoms with Gasteiger partial charge in [-0.15, -0.1) is 0 Å². The van der Waals surface area contributed by atoms with E-state index < -0.39 is 5.82 Å². The third kappa shape index (κ3) is 6.16. The number of nitrogens with one attached hydrogen (secondary N) is 2. The third-order valence-electron chi connectivity index (χ3n) is 5.05. The molecule has 168 valence electrons. The Labute approximate surface area is 190 Å². The first-order valence-corrected chi connectivity index (χ1v) is 10.5. The summed E-state index contributed by atoms with van der Waals surface area (Å²) in [6.07, 6.45) is 6.00. The lowest BCUT2D eigenvalue weighted by molar-refractivity contribution is -0.120. The molecule has 2 amide bonds. The zero-order valence-electron chi connectivity index (χ0n) is 17.8. The SMILES string of the molecule is O=C(/C=C/c1ccc(Oc2cccnc2)c(F)c1)NCc1ccc(N2CCNC(=O)C2)cc1. The predicted octanol–water partition coefficient (Wildman–Crippen LogP) is 3.28. The largest absolute Gasteiger partial charge is 0.453 e. The number of hydrogen-bond donors (Lipinski definition) is 2. The van der Waals surface area contributed by atoms with Gasteiger partial charge in [-0.25, -0.2) is 4.39 Å². The van der Waals surface area contributed by atoms with E-state index in [9.17, 15) is 14.0 Å². The van der Waals surface area contributed by atoms with E-state index in [0.29, 0.717) is 30.9 Å². The summed E-state index contributed by atoms with van der Waals surface area (Å²) in [4.78, 5) is 29.6. The lowest BCUT2D eigenvalue weighted by Gasteiger charge is -2.28. The van der Waals surface area contributed by atoms with Crippen molar-refractivity contribution in [2.24, 2.45) is 0 Å². The first-order valence-electron chi connectivity index (χ1n) is 10.5. The smallest absolute Gasteiger partial charge is 0.244 e. The summed E-state index contributed by atoms with van der Waals surface area (Å²) >= 11 is 0. The Kier molecular flexibility index (Phi) is 6.94. The normalized spacial score (nSPS) is 13.6. The average molecular weight is 446 g/mol. The van der Waals surface area contributed by atoms with Crippen molar-refractivity contribution < 1.29 is 18.7 Å². The summed E-state index contributed by atoms with van der Waals surface area (Å²) in [5.74, 6) is -0.290. The summed E-state index contributed by atoms with van der Waals surface area (Å²) in [5.41, 5.74) is 2.44. The summed E-state index contributed by atoms with van der Waals surface area (Å²) < 4.78 is 19.8. The van der Waals surface area contributed by atoms with Gasteiger partial charge in [-0.3, -0.25) is 14.6 Å². The van der Waals surface area contributed by atoms with Gasteiger partial charge in [0.15, 0.2) is 11.6 Å². The monoisotopic (exact) mass is 446 g/mol. The van der Waals surface area contributed by atoms with E-state index in [-0.39, 0.29) is 17.6 Å². The van der Waals surface area contributed by atoms with Gasteiger partial charge in [-0.2, -0.15) is 0 Å². The van der Waals surface area contributed by atoms with Crippen molar-refractivity contribution in [2.75, 3.05) is 24.5 Å². The molecule has 4 rings (SSSR count). The number of pyridine rings is 1. The van der Waals surface area contributed by atoms with Crippen LogP contribution in [-0.2, 0) is 16.1 Å². The van der Waals surface area contributed by atoms with Gasteiger partial charge in [0.05, 0.1) is 12.7 Å². The topological polar surface area (TPSA) is 83.6 Å². The van der Waals surface area contributed by atoms with E-state index in [1.807, 2.05) is 29.2 Å². The first kappa shape index (κ1) is 22.0. The number of aromatic nitrogens is 1. The zero-order valence-corrected chi connectivity index (χ0v) is 17.8. The molecule has 8 heteroatoms. The van der Waals surface area contributed by atoms with Crippen molar-refractivity contribution in [3.63, 3.8) is 0 Å². The molecule has 2 N–H and O–H groups in total. The number of piperazine rings is 1. The van der Waals surface area contributed by atoms with Crippen LogP contribution >= 0.6 is 0 Å². The molecule has 3 aromatic rings. The molecule has 0 atom stereocenters. The second-order valence-electron chi connectivity index (χ2n) is 7.47. The number of carbonyl (C=O) groups is 2. The Bertz CT molecular complexity index is 1150. The summed E-state index contributed by atoms with van der Waals surface area (Å²) in [6.45, 7) is 2.10. The number of rotatable bonds is 7. The van der Waals surface area contributed by atoms with E-state index in [1.165, 1.54) is 30.5 Å². The summed E-state index contributed by atoms with van der Waals surface area (Å²) in [7, 11) is 0. The van der Waals surface area contributed by atoms with Gasteiger partial charge in [0.1, 0.15) is 5.75 Å².